The van der Waals surface area contributed by atoms with Gasteiger partial charge in [0.05, 0.1) is 37.1 Å². The minimum Gasteiger partial charge on any atom is -0.380 e. The summed E-state index contributed by atoms with van der Waals surface area (Å²) in [6.07, 6.45) is 4.16. The van der Waals surface area contributed by atoms with Crippen molar-refractivity contribution in [3.63, 3.8) is 0 Å². The van der Waals surface area contributed by atoms with Gasteiger partial charge in [-0.1, -0.05) is 0 Å². The highest BCUT2D eigenvalue weighted by molar-refractivity contribution is 5.82. The van der Waals surface area contributed by atoms with Crippen molar-refractivity contribution in [3.05, 3.63) is 41.3 Å². The Morgan fingerprint density at radius 3 is 2.64 bits per heavy atom. The van der Waals surface area contributed by atoms with Gasteiger partial charge in [0.2, 0.25) is 0 Å². The van der Waals surface area contributed by atoms with Crippen LogP contribution in [0.1, 0.15) is 42.1 Å². The summed E-state index contributed by atoms with van der Waals surface area (Å²) in [5.41, 5.74) is 3.17. The van der Waals surface area contributed by atoms with Crippen LogP contribution in [0.2, 0.25) is 0 Å². The summed E-state index contributed by atoms with van der Waals surface area (Å²) >= 11 is 0. The number of hydrogen-bond acceptors (Lipinski definition) is 7. The van der Waals surface area contributed by atoms with Crippen LogP contribution in [0.4, 0.5) is 10.2 Å². The summed E-state index contributed by atoms with van der Waals surface area (Å²) in [6, 6.07) is 7.06. The lowest BCUT2D eigenvalue weighted by molar-refractivity contribution is 0.0728. The minimum atomic E-state index is -0.896. The standard InChI is InChI=1S/C27H33FN6O2/c1-16-7-18-11-29-34(27-10-26(30-17(2)31-27)33-12-21-8-20(33)15-36-21)25(18)9-23(16)22-3-5-32(13-24(22)28)19-4-6-35-14-19/h7,9-11,19-22,24H,3-6,8,12-15H2,1-2H3/t19?,20-,21-,22+,24+/m0/s1. The molecule has 0 saturated carbocycles. The number of likely N-dealkylation sites (tertiary alicyclic amines) is 1. The Morgan fingerprint density at radius 1 is 1.00 bits per heavy atom. The Bertz CT molecular complexity index is 1290. The average Bonchev–Trinajstić information content (AvgIpc) is 3.68. The maximum absolute atomic E-state index is 15.6. The van der Waals surface area contributed by atoms with Gasteiger partial charge in [0.25, 0.3) is 0 Å². The topological polar surface area (TPSA) is 68.5 Å². The van der Waals surface area contributed by atoms with Gasteiger partial charge in [0, 0.05) is 43.1 Å². The Kier molecular flexibility index (Phi) is 5.48. The molecular formula is C27H33FN6O2. The molecule has 0 aliphatic carbocycles. The molecule has 3 aromatic rings. The fourth-order valence-corrected chi connectivity index (χ4v) is 6.68. The molecule has 6 heterocycles. The SMILES string of the molecule is Cc1nc(N2C[C@@H]3C[C@H]2CO3)cc(-n2ncc3cc(C)c([C@H]4CCN(C5CCOC5)C[C@H]4F)cc32)n1. The maximum atomic E-state index is 15.6. The third-order valence-electron chi connectivity index (χ3n) is 8.57. The zero-order valence-corrected chi connectivity index (χ0v) is 20.9. The van der Waals surface area contributed by atoms with E-state index in [4.69, 9.17) is 24.5 Å². The van der Waals surface area contributed by atoms with E-state index < -0.39 is 6.17 Å². The van der Waals surface area contributed by atoms with Gasteiger partial charge < -0.3 is 14.4 Å². The van der Waals surface area contributed by atoms with Gasteiger partial charge >= 0.3 is 0 Å². The summed E-state index contributed by atoms with van der Waals surface area (Å²) in [7, 11) is 0. The molecule has 0 radical (unpaired) electrons. The summed E-state index contributed by atoms with van der Waals surface area (Å²) in [4.78, 5) is 14.1. The average molecular weight is 493 g/mol. The zero-order chi connectivity index (χ0) is 24.4. The fourth-order valence-electron chi connectivity index (χ4n) is 6.68. The lowest BCUT2D eigenvalue weighted by Crippen LogP contribution is -2.46. The molecule has 1 unspecified atom stereocenters. The van der Waals surface area contributed by atoms with Gasteiger partial charge in [0.15, 0.2) is 5.82 Å². The van der Waals surface area contributed by atoms with Crippen molar-refractivity contribution in [2.24, 2.45) is 0 Å². The van der Waals surface area contributed by atoms with E-state index in [0.29, 0.717) is 30.6 Å². The van der Waals surface area contributed by atoms with Gasteiger partial charge in [-0.15, -0.1) is 0 Å². The van der Waals surface area contributed by atoms with E-state index in [1.165, 1.54) is 0 Å². The molecule has 9 heteroatoms. The van der Waals surface area contributed by atoms with Crippen molar-refractivity contribution in [1.29, 1.82) is 0 Å². The molecule has 0 spiro atoms. The number of aromatic nitrogens is 4. The van der Waals surface area contributed by atoms with Crippen molar-refractivity contribution in [3.8, 4) is 5.82 Å². The number of benzene rings is 1. The first kappa shape index (κ1) is 22.6. The second-order valence-electron chi connectivity index (χ2n) is 10.9. The molecule has 7 rings (SSSR count). The number of hydrogen-bond donors (Lipinski definition) is 0. The number of halogens is 1. The van der Waals surface area contributed by atoms with Crippen LogP contribution in [0.3, 0.4) is 0 Å². The lowest BCUT2D eigenvalue weighted by atomic mass is 9.84. The first-order chi connectivity index (χ1) is 17.5. The number of ether oxygens (including phenoxy) is 2. The normalized spacial score (nSPS) is 30.6. The molecule has 4 aliphatic rings. The second kappa shape index (κ2) is 8.75. The van der Waals surface area contributed by atoms with Crippen molar-refractivity contribution >= 4 is 16.7 Å². The summed E-state index contributed by atoms with van der Waals surface area (Å²) in [5, 5.41) is 5.74. The lowest BCUT2D eigenvalue weighted by Gasteiger charge is -2.38. The molecule has 4 saturated heterocycles. The second-order valence-corrected chi connectivity index (χ2v) is 10.9. The van der Waals surface area contributed by atoms with E-state index in [9.17, 15) is 0 Å². The van der Waals surface area contributed by atoms with Crippen LogP contribution in [0, 0.1) is 13.8 Å². The molecule has 0 N–H and O–H groups in total. The van der Waals surface area contributed by atoms with Gasteiger partial charge in [-0.2, -0.15) is 5.10 Å². The third-order valence-corrected chi connectivity index (χ3v) is 8.57. The smallest absolute Gasteiger partial charge is 0.159 e. The molecule has 4 aliphatic heterocycles. The van der Waals surface area contributed by atoms with Crippen LogP contribution < -0.4 is 4.90 Å². The highest BCUT2D eigenvalue weighted by Crippen LogP contribution is 2.37. The Labute approximate surface area is 210 Å². The summed E-state index contributed by atoms with van der Waals surface area (Å²) in [6.45, 7) is 8.55. The van der Waals surface area contributed by atoms with E-state index in [0.717, 1.165) is 85.8 Å². The predicted octanol–water partition coefficient (Wildman–Crippen LogP) is 3.33. The van der Waals surface area contributed by atoms with Crippen molar-refractivity contribution in [2.45, 2.75) is 63.4 Å². The van der Waals surface area contributed by atoms with E-state index in [-0.39, 0.29) is 5.92 Å². The largest absolute Gasteiger partial charge is 0.380 e. The molecule has 190 valence electrons. The van der Waals surface area contributed by atoms with Gasteiger partial charge in [-0.05, 0) is 62.9 Å². The summed E-state index contributed by atoms with van der Waals surface area (Å²) < 4.78 is 28.8. The Hall–Kier alpha value is -2.62. The monoisotopic (exact) mass is 492 g/mol. The van der Waals surface area contributed by atoms with Crippen LogP contribution in [-0.4, -0.2) is 88.5 Å². The van der Waals surface area contributed by atoms with Crippen molar-refractivity contribution < 1.29 is 13.9 Å². The molecule has 5 atom stereocenters. The predicted molar refractivity (Wildman–Crippen MR) is 135 cm³/mol. The Morgan fingerprint density at radius 2 is 1.89 bits per heavy atom. The van der Waals surface area contributed by atoms with Gasteiger partial charge in [-0.25, -0.2) is 19.0 Å². The number of morpholine rings is 1. The molecule has 2 aromatic heterocycles. The number of aryl methyl sites for hydroxylation is 2. The highest BCUT2D eigenvalue weighted by Gasteiger charge is 2.40. The highest BCUT2D eigenvalue weighted by atomic mass is 19.1. The molecule has 1 aromatic carbocycles. The summed E-state index contributed by atoms with van der Waals surface area (Å²) in [5.74, 6) is 2.28. The number of nitrogens with zero attached hydrogens (tertiary/aromatic N) is 6. The van der Waals surface area contributed by atoms with Crippen LogP contribution in [0.5, 0.6) is 0 Å². The number of anilines is 1. The van der Waals surface area contributed by atoms with Crippen molar-refractivity contribution in [2.75, 3.05) is 44.4 Å². The number of piperidine rings is 1. The maximum Gasteiger partial charge on any atom is 0.159 e. The number of rotatable bonds is 4. The number of alkyl halides is 1. The van der Waals surface area contributed by atoms with Gasteiger partial charge in [-0.3, -0.25) is 4.90 Å². The first-order valence-electron chi connectivity index (χ1n) is 13.2. The van der Waals surface area contributed by atoms with E-state index in [1.54, 1.807) is 0 Å². The van der Waals surface area contributed by atoms with Crippen LogP contribution in [-0.2, 0) is 9.47 Å². The molecule has 36 heavy (non-hydrogen) atoms. The van der Waals surface area contributed by atoms with Crippen molar-refractivity contribution in [1.82, 2.24) is 24.6 Å². The quantitative estimate of drug-likeness (QED) is 0.553. The minimum absolute atomic E-state index is 0.112. The molecule has 0 amide bonds. The molecular weight excluding hydrogens is 459 g/mol. The van der Waals surface area contributed by atoms with Gasteiger partial charge in [0.1, 0.15) is 17.8 Å². The fraction of sp³-hybridized carbons (Fsp3) is 0.593. The Balaban J connectivity index is 1.21. The van der Waals surface area contributed by atoms with E-state index in [2.05, 4.69) is 28.9 Å². The van der Waals surface area contributed by atoms with Crippen LogP contribution >= 0.6 is 0 Å². The van der Waals surface area contributed by atoms with Crippen LogP contribution in [0.25, 0.3) is 16.7 Å². The molecule has 2 bridgehead atoms. The third kappa shape index (κ3) is 3.79. The van der Waals surface area contributed by atoms with E-state index >= 15 is 4.39 Å². The van der Waals surface area contributed by atoms with Crippen LogP contribution in [0.15, 0.2) is 24.4 Å². The molecule has 4 fully saturated rings. The zero-order valence-electron chi connectivity index (χ0n) is 20.9. The van der Waals surface area contributed by atoms with E-state index in [1.807, 2.05) is 23.9 Å². The molecule has 8 nitrogen and oxygen atoms in total. The number of fused-ring (bicyclic) bond motifs is 3. The first-order valence-corrected chi connectivity index (χ1v) is 13.2.